The largest absolute Gasteiger partial charge is 0.277 e. The number of rotatable bonds is 1. The van der Waals surface area contributed by atoms with E-state index in [2.05, 4.69) is 4.99 Å². The van der Waals surface area contributed by atoms with Crippen molar-refractivity contribution in [2.45, 2.75) is 52.0 Å². The molecule has 1 unspecified atom stereocenters. The summed E-state index contributed by atoms with van der Waals surface area (Å²) in [5, 5.41) is 0. The second kappa shape index (κ2) is 3.53. The lowest BCUT2D eigenvalue weighted by Gasteiger charge is -2.34. The van der Waals surface area contributed by atoms with Gasteiger partial charge < -0.3 is 0 Å². The number of aliphatic imine (C=N–C) groups is 1. The molecule has 0 fully saturated rings. The summed E-state index contributed by atoms with van der Waals surface area (Å²) in [5.41, 5.74) is 1.15. The molecule has 3 aliphatic rings. The zero-order valence-electron chi connectivity index (χ0n) is 11.1. The number of fused-ring (bicyclic) bond motifs is 2. The standard InChI is InChI=1S/C14H18N2O2/c1-8(2)14(3)13(18)15-11-9-6-4-5-7-10(9)12(17)16(11)14/h8H,4-7H2,1-3H3. The second-order valence-corrected chi connectivity index (χ2v) is 5.85. The zero-order valence-corrected chi connectivity index (χ0v) is 11.1. The van der Waals surface area contributed by atoms with E-state index in [9.17, 15) is 9.59 Å². The Morgan fingerprint density at radius 2 is 1.78 bits per heavy atom. The number of carbonyl (C=O) groups is 2. The predicted octanol–water partition coefficient (Wildman–Crippen LogP) is 2.05. The molecule has 2 aliphatic heterocycles. The molecule has 1 atom stereocenters. The van der Waals surface area contributed by atoms with E-state index in [-0.39, 0.29) is 17.7 Å². The monoisotopic (exact) mass is 246 g/mol. The van der Waals surface area contributed by atoms with E-state index in [4.69, 9.17) is 0 Å². The van der Waals surface area contributed by atoms with E-state index in [1.807, 2.05) is 20.8 Å². The number of amides is 2. The van der Waals surface area contributed by atoms with Crippen LogP contribution >= 0.6 is 0 Å². The highest BCUT2D eigenvalue weighted by atomic mass is 16.2. The minimum atomic E-state index is -0.788. The molecular formula is C14H18N2O2. The van der Waals surface area contributed by atoms with E-state index in [1.165, 1.54) is 0 Å². The first-order valence-corrected chi connectivity index (χ1v) is 6.68. The SMILES string of the molecule is CC(C)C1(C)C(=O)N=C2C3=C(CCCC3)C(=O)N21. The molecule has 2 heterocycles. The number of nitrogens with zero attached hydrogens (tertiary/aromatic N) is 2. The van der Waals surface area contributed by atoms with Crippen LogP contribution in [0.25, 0.3) is 0 Å². The summed E-state index contributed by atoms with van der Waals surface area (Å²) in [6.45, 7) is 5.79. The molecule has 96 valence electrons. The van der Waals surface area contributed by atoms with Gasteiger partial charge in [0.05, 0.1) is 0 Å². The van der Waals surface area contributed by atoms with Crippen molar-refractivity contribution in [1.82, 2.24) is 4.90 Å². The Morgan fingerprint density at radius 1 is 1.17 bits per heavy atom. The lowest BCUT2D eigenvalue weighted by atomic mass is 9.86. The van der Waals surface area contributed by atoms with Crippen LogP contribution < -0.4 is 0 Å². The first-order valence-electron chi connectivity index (χ1n) is 6.68. The van der Waals surface area contributed by atoms with Crippen LogP contribution in [0.15, 0.2) is 16.1 Å². The number of hydrogen-bond acceptors (Lipinski definition) is 2. The molecule has 4 heteroatoms. The first-order chi connectivity index (χ1) is 8.48. The average molecular weight is 246 g/mol. The van der Waals surface area contributed by atoms with Crippen molar-refractivity contribution in [1.29, 1.82) is 0 Å². The summed E-state index contributed by atoms with van der Waals surface area (Å²) in [6.07, 6.45) is 3.88. The quantitative estimate of drug-likeness (QED) is 0.711. The van der Waals surface area contributed by atoms with Gasteiger partial charge >= 0.3 is 0 Å². The van der Waals surface area contributed by atoms with Gasteiger partial charge in [0.2, 0.25) is 0 Å². The first kappa shape index (κ1) is 11.6. The number of amidine groups is 1. The van der Waals surface area contributed by atoms with E-state index in [0.29, 0.717) is 5.84 Å². The minimum absolute atomic E-state index is 0.0190. The van der Waals surface area contributed by atoms with E-state index >= 15 is 0 Å². The summed E-state index contributed by atoms with van der Waals surface area (Å²) in [6, 6.07) is 0. The van der Waals surface area contributed by atoms with Crippen LogP contribution in [0.3, 0.4) is 0 Å². The van der Waals surface area contributed by atoms with Crippen LogP contribution in [0.4, 0.5) is 0 Å². The van der Waals surface area contributed by atoms with Crippen molar-refractivity contribution < 1.29 is 9.59 Å². The zero-order chi connectivity index (χ0) is 13.1. The molecule has 0 saturated carbocycles. The average Bonchev–Trinajstić information content (AvgIpc) is 2.77. The molecule has 0 bridgehead atoms. The summed E-state index contributed by atoms with van der Waals surface area (Å²) >= 11 is 0. The Labute approximate surface area is 107 Å². The Balaban J connectivity index is 2.11. The maximum atomic E-state index is 12.5. The van der Waals surface area contributed by atoms with Gasteiger partial charge in [0.25, 0.3) is 11.8 Å². The molecule has 0 aromatic rings. The maximum Gasteiger partial charge on any atom is 0.274 e. The summed E-state index contributed by atoms with van der Waals surface area (Å²) in [5.74, 6) is 0.566. The van der Waals surface area contributed by atoms with Crippen molar-refractivity contribution in [2.24, 2.45) is 10.9 Å². The van der Waals surface area contributed by atoms with Crippen LogP contribution in [0.5, 0.6) is 0 Å². The van der Waals surface area contributed by atoms with E-state index in [0.717, 1.165) is 36.8 Å². The molecule has 18 heavy (non-hydrogen) atoms. The van der Waals surface area contributed by atoms with Gasteiger partial charge in [0, 0.05) is 11.1 Å². The van der Waals surface area contributed by atoms with Crippen LogP contribution in [0.2, 0.25) is 0 Å². The number of carbonyl (C=O) groups excluding carboxylic acids is 2. The highest BCUT2D eigenvalue weighted by Crippen LogP contribution is 2.43. The van der Waals surface area contributed by atoms with Crippen LogP contribution in [0.1, 0.15) is 46.5 Å². The van der Waals surface area contributed by atoms with Crippen molar-refractivity contribution >= 4 is 17.6 Å². The van der Waals surface area contributed by atoms with Crippen molar-refractivity contribution in [3.05, 3.63) is 11.1 Å². The lowest BCUT2D eigenvalue weighted by molar-refractivity contribution is -0.136. The summed E-state index contributed by atoms with van der Waals surface area (Å²) in [7, 11) is 0. The van der Waals surface area contributed by atoms with E-state index in [1.54, 1.807) is 4.90 Å². The molecule has 0 radical (unpaired) electrons. The molecule has 0 aromatic carbocycles. The predicted molar refractivity (Wildman–Crippen MR) is 68.0 cm³/mol. The normalized spacial score (nSPS) is 31.1. The summed E-state index contributed by atoms with van der Waals surface area (Å²) in [4.78, 5) is 30.5. The Kier molecular flexibility index (Phi) is 2.28. The molecule has 1 aliphatic carbocycles. The maximum absolute atomic E-state index is 12.5. The second-order valence-electron chi connectivity index (χ2n) is 5.85. The highest BCUT2D eigenvalue weighted by Gasteiger charge is 2.56. The molecule has 3 rings (SSSR count). The fourth-order valence-corrected chi connectivity index (χ4v) is 3.11. The van der Waals surface area contributed by atoms with Gasteiger partial charge in [-0.3, -0.25) is 14.5 Å². The molecule has 0 spiro atoms. The Bertz CT molecular complexity index is 516. The van der Waals surface area contributed by atoms with Crippen molar-refractivity contribution in [3.8, 4) is 0 Å². The molecule has 2 amide bonds. The number of hydrogen-bond donors (Lipinski definition) is 0. The van der Waals surface area contributed by atoms with Gasteiger partial charge in [-0.2, -0.15) is 4.99 Å². The van der Waals surface area contributed by atoms with Crippen LogP contribution in [-0.4, -0.2) is 28.1 Å². The van der Waals surface area contributed by atoms with Gasteiger partial charge in [0.15, 0.2) is 0 Å². The van der Waals surface area contributed by atoms with Gasteiger partial charge in [-0.25, -0.2) is 0 Å². The molecule has 0 saturated heterocycles. The third kappa shape index (κ3) is 1.18. The molecule has 4 nitrogen and oxygen atoms in total. The molecule has 0 aromatic heterocycles. The molecular weight excluding hydrogens is 228 g/mol. The van der Waals surface area contributed by atoms with Gasteiger partial charge in [0.1, 0.15) is 11.4 Å². The van der Waals surface area contributed by atoms with E-state index < -0.39 is 5.54 Å². The Morgan fingerprint density at radius 3 is 2.39 bits per heavy atom. The van der Waals surface area contributed by atoms with Gasteiger partial charge in [-0.05, 0) is 38.5 Å². The summed E-state index contributed by atoms with van der Waals surface area (Å²) < 4.78 is 0. The third-order valence-electron chi connectivity index (χ3n) is 4.64. The third-order valence-corrected chi connectivity index (χ3v) is 4.64. The topological polar surface area (TPSA) is 49.7 Å². The van der Waals surface area contributed by atoms with Gasteiger partial charge in [-0.1, -0.05) is 13.8 Å². The Hall–Kier alpha value is -1.45. The van der Waals surface area contributed by atoms with Crippen molar-refractivity contribution in [3.63, 3.8) is 0 Å². The highest BCUT2D eigenvalue weighted by molar-refractivity contribution is 6.29. The fraction of sp³-hybridized carbons (Fsp3) is 0.643. The van der Waals surface area contributed by atoms with Crippen LogP contribution in [-0.2, 0) is 9.59 Å². The van der Waals surface area contributed by atoms with Gasteiger partial charge in [-0.15, -0.1) is 0 Å². The minimum Gasteiger partial charge on any atom is -0.277 e. The smallest absolute Gasteiger partial charge is 0.274 e. The van der Waals surface area contributed by atoms with Crippen LogP contribution in [0, 0.1) is 5.92 Å². The lowest BCUT2D eigenvalue weighted by Crippen LogP contribution is -2.54. The molecule has 0 N–H and O–H groups in total. The fourth-order valence-electron chi connectivity index (χ4n) is 3.11. The van der Waals surface area contributed by atoms with Crippen molar-refractivity contribution in [2.75, 3.05) is 0 Å².